The molecular weight excluding hydrogens is 373 g/mol. The Kier molecular flexibility index (Phi) is 5.31. The third-order valence-electron chi connectivity index (χ3n) is 4.63. The number of hydrogen-bond donors (Lipinski definition) is 3. The van der Waals surface area contributed by atoms with Crippen molar-refractivity contribution in [3.05, 3.63) is 58.7 Å². The molecule has 1 atom stereocenters. The van der Waals surface area contributed by atoms with Gasteiger partial charge in [-0.05, 0) is 54.7 Å². The number of nitrogens with one attached hydrogen (secondary N) is 2. The van der Waals surface area contributed by atoms with E-state index in [4.69, 9.17) is 0 Å². The van der Waals surface area contributed by atoms with Gasteiger partial charge in [0.2, 0.25) is 5.91 Å². The maximum atomic E-state index is 13.2. The molecule has 0 bridgehead atoms. The number of hydrogen-bond acceptors (Lipinski definition) is 3. The Labute approximate surface area is 159 Å². The van der Waals surface area contributed by atoms with E-state index >= 15 is 0 Å². The molecule has 5 nitrogen and oxygen atoms in total. The Hall–Kier alpha value is -3.03. The van der Waals surface area contributed by atoms with E-state index in [2.05, 4.69) is 10.6 Å². The van der Waals surface area contributed by atoms with E-state index in [1.54, 1.807) is 18.2 Å². The predicted molar refractivity (Wildman–Crippen MR) is 97.0 cm³/mol. The van der Waals surface area contributed by atoms with Gasteiger partial charge in [0.15, 0.2) is 0 Å². The van der Waals surface area contributed by atoms with Gasteiger partial charge in [-0.25, -0.2) is 0 Å². The van der Waals surface area contributed by atoms with Crippen molar-refractivity contribution in [3.8, 4) is 5.75 Å². The van der Waals surface area contributed by atoms with Crippen LogP contribution in [0.25, 0.3) is 0 Å². The number of aromatic hydroxyl groups is 1. The average molecular weight is 392 g/mol. The summed E-state index contributed by atoms with van der Waals surface area (Å²) in [7, 11) is 0. The summed E-state index contributed by atoms with van der Waals surface area (Å²) in [5.74, 6) is -1.08. The molecule has 2 amide bonds. The molecule has 0 radical (unpaired) electrons. The smallest absolute Gasteiger partial charge is 0.416 e. The summed E-state index contributed by atoms with van der Waals surface area (Å²) in [6, 6.07) is 7.35. The number of rotatable bonds is 3. The fourth-order valence-corrected chi connectivity index (χ4v) is 3.42. The van der Waals surface area contributed by atoms with E-state index in [1.807, 2.05) is 0 Å². The van der Waals surface area contributed by atoms with Gasteiger partial charge in [-0.2, -0.15) is 13.2 Å². The number of anilines is 1. The minimum atomic E-state index is -4.66. The van der Waals surface area contributed by atoms with E-state index in [0.717, 1.165) is 29.7 Å². The van der Waals surface area contributed by atoms with E-state index in [-0.39, 0.29) is 17.0 Å². The molecule has 3 N–H and O–H groups in total. The second kappa shape index (κ2) is 7.53. The largest absolute Gasteiger partial charge is 0.508 e. The molecule has 0 saturated heterocycles. The molecule has 2 aromatic rings. The number of halogens is 3. The van der Waals surface area contributed by atoms with Crippen LogP contribution in [0.5, 0.6) is 5.75 Å². The van der Waals surface area contributed by atoms with Crippen molar-refractivity contribution >= 4 is 17.5 Å². The van der Waals surface area contributed by atoms with Crippen molar-refractivity contribution in [3.63, 3.8) is 0 Å². The first-order valence-electron chi connectivity index (χ1n) is 8.76. The number of phenolic OH excluding ortho intramolecular Hbond substituents is 1. The van der Waals surface area contributed by atoms with Crippen LogP contribution in [-0.4, -0.2) is 16.9 Å². The van der Waals surface area contributed by atoms with E-state index in [0.29, 0.717) is 12.8 Å². The molecule has 1 aliphatic carbocycles. The lowest BCUT2D eigenvalue weighted by molar-refractivity contribution is -0.137. The van der Waals surface area contributed by atoms with Gasteiger partial charge in [0.1, 0.15) is 5.75 Å². The molecule has 0 saturated carbocycles. The lowest BCUT2D eigenvalue weighted by Gasteiger charge is -2.27. The Balaban J connectivity index is 1.91. The quantitative estimate of drug-likeness (QED) is 0.733. The molecular formula is C20H19F3N2O3. The van der Waals surface area contributed by atoms with E-state index in [1.165, 1.54) is 13.0 Å². The Morgan fingerprint density at radius 2 is 1.93 bits per heavy atom. The zero-order valence-electron chi connectivity index (χ0n) is 15.1. The molecule has 2 aromatic carbocycles. The zero-order valence-corrected chi connectivity index (χ0v) is 15.1. The first-order chi connectivity index (χ1) is 13.1. The number of carbonyl (C=O) groups is 2. The molecule has 0 aromatic heterocycles. The normalized spacial score (nSPS) is 16.2. The SMILES string of the molecule is CC(=O)Nc1cc(C(=O)NC2CCCc3c(O)cccc32)cc(C(F)(F)F)c1. The third-order valence-corrected chi connectivity index (χ3v) is 4.63. The molecule has 1 unspecified atom stereocenters. The number of fused-ring (bicyclic) bond motifs is 1. The molecule has 148 valence electrons. The number of amides is 2. The molecule has 0 fully saturated rings. The second-order valence-electron chi connectivity index (χ2n) is 6.74. The molecule has 0 aliphatic heterocycles. The summed E-state index contributed by atoms with van der Waals surface area (Å²) >= 11 is 0. The van der Waals surface area contributed by atoms with Crippen LogP contribution in [0, 0.1) is 0 Å². The van der Waals surface area contributed by atoms with Crippen molar-refractivity contribution in [2.24, 2.45) is 0 Å². The van der Waals surface area contributed by atoms with Gasteiger partial charge in [0.25, 0.3) is 5.91 Å². The standard InChI is InChI=1S/C20H19F3N2O3/c1-11(26)24-14-9-12(8-13(10-14)20(21,22)23)19(28)25-17-6-2-5-16-15(17)4-3-7-18(16)27/h3-4,7-10,17,27H,2,5-6H2,1H3,(H,24,26)(H,25,28). The highest BCUT2D eigenvalue weighted by Gasteiger charge is 2.32. The summed E-state index contributed by atoms with van der Waals surface area (Å²) in [6.45, 7) is 1.17. The molecule has 28 heavy (non-hydrogen) atoms. The summed E-state index contributed by atoms with van der Waals surface area (Å²) in [4.78, 5) is 23.9. The number of alkyl halides is 3. The number of benzene rings is 2. The Morgan fingerprint density at radius 3 is 2.61 bits per heavy atom. The Bertz CT molecular complexity index is 925. The van der Waals surface area contributed by atoms with Crippen molar-refractivity contribution in [1.82, 2.24) is 5.32 Å². The second-order valence-corrected chi connectivity index (χ2v) is 6.74. The van der Waals surface area contributed by atoms with Gasteiger partial charge in [0, 0.05) is 18.2 Å². The van der Waals surface area contributed by atoms with Gasteiger partial charge >= 0.3 is 6.18 Å². The van der Waals surface area contributed by atoms with Crippen molar-refractivity contribution < 1.29 is 27.9 Å². The van der Waals surface area contributed by atoms with Crippen molar-refractivity contribution in [2.45, 2.75) is 38.4 Å². The third kappa shape index (κ3) is 4.27. The van der Waals surface area contributed by atoms with E-state index < -0.39 is 29.6 Å². The maximum absolute atomic E-state index is 13.2. The van der Waals surface area contributed by atoms with Crippen LogP contribution < -0.4 is 10.6 Å². The highest BCUT2D eigenvalue weighted by molar-refractivity contribution is 5.97. The fourth-order valence-electron chi connectivity index (χ4n) is 3.42. The topological polar surface area (TPSA) is 78.4 Å². The first-order valence-corrected chi connectivity index (χ1v) is 8.76. The number of phenols is 1. The summed E-state index contributed by atoms with van der Waals surface area (Å²) in [6.07, 6.45) is -2.65. The van der Waals surface area contributed by atoms with Crippen LogP contribution in [0.1, 0.15) is 52.9 Å². The first kappa shape index (κ1) is 19.7. The van der Waals surface area contributed by atoms with Crippen molar-refractivity contribution in [2.75, 3.05) is 5.32 Å². The van der Waals surface area contributed by atoms with Crippen molar-refractivity contribution in [1.29, 1.82) is 0 Å². The zero-order chi connectivity index (χ0) is 20.5. The summed E-state index contributed by atoms with van der Waals surface area (Å²) in [5, 5.41) is 15.0. The maximum Gasteiger partial charge on any atom is 0.416 e. The highest BCUT2D eigenvalue weighted by atomic mass is 19.4. The summed E-state index contributed by atoms with van der Waals surface area (Å²) in [5.41, 5.74) is 0.168. The molecule has 0 spiro atoms. The van der Waals surface area contributed by atoms with Gasteiger partial charge in [-0.3, -0.25) is 9.59 Å². The molecule has 0 heterocycles. The molecule has 8 heteroatoms. The minimum Gasteiger partial charge on any atom is -0.508 e. The lowest BCUT2D eigenvalue weighted by Crippen LogP contribution is -2.31. The Morgan fingerprint density at radius 1 is 1.18 bits per heavy atom. The average Bonchev–Trinajstić information content (AvgIpc) is 2.61. The van der Waals surface area contributed by atoms with Crippen LogP contribution >= 0.6 is 0 Å². The summed E-state index contributed by atoms with van der Waals surface area (Å²) < 4.78 is 39.5. The van der Waals surface area contributed by atoms with Crippen LogP contribution in [0.4, 0.5) is 18.9 Å². The van der Waals surface area contributed by atoms with Gasteiger partial charge in [-0.15, -0.1) is 0 Å². The predicted octanol–water partition coefficient (Wildman–Crippen LogP) is 4.18. The fraction of sp³-hybridized carbons (Fsp3) is 0.300. The molecule has 1 aliphatic rings. The lowest BCUT2D eigenvalue weighted by atomic mass is 9.87. The van der Waals surface area contributed by atoms with E-state index in [9.17, 15) is 27.9 Å². The highest BCUT2D eigenvalue weighted by Crippen LogP contribution is 2.35. The number of carbonyl (C=O) groups excluding carboxylic acids is 2. The van der Waals surface area contributed by atoms with Crippen LogP contribution in [0.15, 0.2) is 36.4 Å². The van der Waals surface area contributed by atoms with Gasteiger partial charge in [-0.1, -0.05) is 12.1 Å². The minimum absolute atomic E-state index is 0.103. The van der Waals surface area contributed by atoms with Gasteiger partial charge < -0.3 is 15.7 Å². The van der Waals surface area contributed by atoms with Gasteiger partial charge in [0.05, 0.1) is 11.6 Å². The van der Waals surface area contributed by atoms with Crippen LogP contribution in [0.3, 0.4) is 0 Å². The molecule has 3 rings (SSSR count). The van der Waals surface area contributed by atoms with Crippen LogP contribution in [0.2, 0.25) is 0 Å². The monoisotopic (exact) mass is 392 g/mol. The van der Waals surface area contributed by atoms with Crippen LogP contribution in [-0.2, 0) is 17.4 Å².